The number of aliphatic hydroxyl groups is 1. The van der Waals surface area contributed by atoms with Crippen molar-refractivity contribution in [2.45, 2.75) is 44.1 Å². The smallest absolute Gasteiger partial charge is 0.230 e. The molecule has 1 amide bonds. The van der Waals surface area contributed by atoms with Gasteiger partial charge in [-0.25, -0.2) is 0 Å². The van der Waals surface area contributed by atoms with Crippen LogP contribution < -0.4 is 5.32 Å². The molecule has 0 aliphatic heterocycles. The van der Waals surface area contributed by atoms with Crippen LogP contribution in [0.5, 0.6) is 0 Å². The second-order valence-corrected chi connectivity index (χ2v) is 5.79. The molecule has 0 spiro atoms. The van der Waals surface area contributed by atoms with E-state index < -0.39 is 5.41 Å². The summed E-state index contributed by atoms with van der Waals surface area (Å²) < 4.78 is 0. The Labute approximate surface area is 119 Å². The van der Waals surface area contributed by atoms with E-state index in [1.807, 2.05) is 31.2 Å². The Morgan fingerprint density at radius 2 is 1.95 bits per heavy atom. The largest absolute Gasteiger partial charge is 0.394 e. The van der Waals surface area contributed by atoms with Gasteiger partial charge in [0.1, 0.15) is 0 Å². The van der Waals surface area contributed by atoms with Crippen LogP contribution in [0.25, 0.3) is 0 Å². The molecular formula is C15H20ClNO2. The summed E-state index contributed by atoms with van der Waals surface area (Å²) in [5.74, 6) is 0.0221. The Bertz CT molecular complexity index is 438. The number of amides is 1. The summed E-state index contributed by atoms with van der Waals surface area (Å²) >= 11 is 5.92. The molecule has 0 bridgehead atoms. The summed E-state index contributed by atoms with van der Waals surface area (Å²) in [5, 5.41) is 12.7. The van der Waals surface area contributed by atoms with Crippen molar-refractivity contribution in [2.75, 3.05) is 6.61 Å². The number of aliphatic hydroxyl groups excluding tert-OH is 1. The summed E-state index contributed by atoms with van der Waals surface area (Å²) in [4.78, 5) is 12.6. The Kier molecular flexibility index (Phi) is 4.48. The van der Waals surface area contributed by atoms with E-state index in [0.717, 1.165) is 31.2 Å². The molecule has 1 aromatic carbocycles. The van der Waals surface area contributed by atoms with Gasteiger partial charge in [0.25, 0.3) is 0 Å². The number of hydrogen-bond acceptors (Lipinski definition) is 2. The third kappa shape index (κ3) is 2.93. The quantitative estimate of drug-likeness (QED) is 0.891. The van der Waals surface area contributed by atoms with E-state index in [1.165, 1.54) is 0 Å². The van der Waals surface area contributed by atoms with Crippen LogP contribution in [0.3, 0.4) is 0 Å². The lowest BCUT2D eigenvalue weighted by Crippen LogP contribution is -2.47. The molecule has 0 heterocycles. The van der Waals surface area contributed by atoms with Crippen molar-refractivity contribution in [3.8, 4) is 0 Å². The summed E-state index contributed by atoms with van der Waals surface area (Å²) in [5.41, 5.74) is 0.575. The molecule has 1 fully saturated rings. The zero-order valence-electron chi connectivity index (χ0n) is 11.2. The fourth-order valence-corrected chi connectivity index (χ4v) is 2.93. The van der Waals surface area contributed by atoms with Gasteiger partial charge in [-0.2, -0.15) is 0 Å². The second kappa shape index (κ2) is 5.93. The van der Waals surface area contributed by atoms with Gasteiger partial charge in [-0.15, -0.1) is 0 Å². The first kappa shape index (κ1) is 14.4. The fourth-order valence-electron chi connectivity index (χ4n) is 2.80. The lowest BCUT2D eigenvalue weighted by atomic mass is 9.78. The predicted molar refractivity (Wildman–Crippen MR) is 76.3 cm³/mol. The highest BCUT2D eigenvalue weighted by Crippen LogP contribution is 2.41. The highest BCUT2D eigenvalue weighted by molar-refractivity contribution is 6.30. The molecule has 104 valence electrons. The number of nitrogens with one attached hydrogen (secondary N) is 1. The number of rotatable bonds is 4. The molecule has 4 heteroatoms. The minimum absolute atomic E-state index is 0.0221. The van der Waals surface area contributed by atoms with Crippen molar-refractivity contribution in [1.29, 1.82) is 0 Å². The van der Waals surface area contributed by atoms with E-state index >= 15 is 0 Å². The third-order valence-corrected chi connectivity index (χ3v) is 4.19. The molecular weight excluding hydrogens is 262 g/mol. The van der Waals surface area contributed by atoms with Gasteiger partial charge in [0.2, 0.25) is 5.91 Å². The van der Waals surface area contributed by atoms with Crippen LogP contribution in [0.2, 0.25) is 5.02 Å². The molecule has 1 saturated carbocycles. The molecule has 1 aliphatic rings. The first-order valence-corrected chi connectivity index (χ1v) is 7.14. The van der Waals surface area contributed by atoms with Crippen LogP contribution in [-0.2, 0) is 10.2 Å². The van der Waals surface area contributed by atoms with Gasteiger partial charge < -0.3 is 10.4 Å². The van der Waals surface area contributed by atoms with Gasteiger partial charge in [-0.3, -0.25) is 4.79 Å². The van der Waals surface area contributed by atoms with Crippen molar-refractivity contribution >= 4 is 17.5 Å². The molecule has 0 saturated heterocycles. The summed E-state index contributed by atoms with van der Waals surface area (Å²) in [6, 6.07) is 7.34. The third-order valence-electron chi connectivity index (χ3n) is 3.94. The Morgan fingerprint density at radius 3 is 2.47 bits per heavy atom. The highest BCUT2D eigenvalue weighted by Gasteiger charge is 2.42. The minimum atomic E-state index is -0.450. The van der Waals surface area contributed by atoms with Crippen LogP contribution in [0.15, 0.2) is 24.3 Å². The maximum Gasteiger partial charge on any atom is 0.230 e. The van der Waals surface area contributed by atoms with E-state index in [4.69, 9.17) is 16.7 Å². The lowest BCUT2D eigenvalue weighted by molar-refractivity contribution is -0.127. The first-order chi connectivity index (χ1) is 9.08. The number of halogens is 1. The monoisotopic (exact) mass is 281 g/mol. The maximum atomic E-state index is 12.6. The van der Waals surface area contributed by atoms with Crippen molar-refractivity contribution in [1.82, 2.24) is 5.32 Å². The van der Waals surface area contributed by atoms with Gasteiger partial charge in [-0.05, 0) is 37.5 Å². The van der Waals surface area contributed by atoms with Crippen LogP contribution in [0.1, 0.15) is 38.2 Å². The summed E-state index contributed by atoms with van der Waals surface area (Å²) in [6.45, 7) is 1.77. The number of benzene rings is 1. The molecule has 1 aromatic rings. The van der Waals surface area contributed by atoms with Gasteiger partial charge in [-0.1, -0.05) is 36.6 Å². The van der Waals surface area contributed by atoms with E-state index in [2.05, 4.69) is 5.32 Å². The second-order valence-electron chi connectivity index (χ2n) is 5.35. The highest BCUT2D eigenvalue weighted by atomic mass is 35.5. The van der Waals surface area contributed by atoms with E-state index in [9.17, 15) is 4.79 Å². The van der Waals surface area contributed by atoms with Gasteiger partial charge in [0, 0.05) is 11.1 Å². The molecule has 3 nitrogen and oxygen atoms in total. The number of carbonyl (C=O) groups is 1. The van der Waals surface area contributed by atoms with Gasteiger partial charge >= 0.3 is 0 Å². The summed E-state index contributed by atoms with van der Waals surface area (Å²) in [7, 11) is 0. The van der Waals surface area contributed by atoms with Crippen LogP contribution >= 0.6 is 11.6 Å². The first-order valence-electron chi connectivity index (χ1n) is 6.76. The van der Waals surface area contributed by atoms with E-state index in [-0.39, 0.29) is 18.6 Å². The van der Waals surface area contributed by atoms with E-state index in [1.54, 1.807) is 0 Å². The average molecular weight is 282 g/mol. The van der Waals surface area contributed by atoms with Gasteiger partial charge in [0.05, 0.1) is 12.0 Å². The van der Waals surface area contributed by atoms with Crippen LogP contribution in [0, 0.1) is 0 Å². The molecule has 1 atom stereocenters. The number of carbonyl (C=O) groups excluding carboxylic acids is 1. The zero-order valence-corrected chi connectivity index (χ0v) is 11.9. The van der Waals surface area contributed by atoms with E-state index in [0.29, 0.717) is 5.02 Å². The van der Waals surface area contributed by atoms with Crippen molar-refractivity contribution < 1.29 is 9.90 Å². The molecule has 0 radical (unpaired) electrons. The standard InChI is InChI=1S/C15H20ClNO2/c1-11(10-18)17-14(19)15(8-2-3-9-15)12-4-6-13(16)7-5-12/h4-7,11,18H,2-3,8-10H2,1H3,(H,17,19)/t11-/m1/s1. The van der Waals surface area contributed by atoms with Crippen molar-refractivity contribution in [3.05, 3.63) is 34.9 Å². The normalized spacial score (nSPS) is 19.1. The molecule has 19 heavy (non-hydrogen) atoms. The molecule has 2 rings (SSSR count). The maximum absolute atomic E-state index is 12.6. The van der Waals surface area contributed by atoms with Crippen molar-refractivity contribution in [3.63, 3.8) is 0 Å². The average Bonchev–Trinajstić information content (AvgIpc) is 2.90. The molecule has 0 unspecified atom stereocenters. The zero-order chi connectivity index (χ0) is 13.9. The van der Waals surface area contributed by atoms with Crippen LogP contribution in [0.4, 0.5) is 0 Å². The van der Waals surface area contributed by atoms with Crippen molar-refractivity contribution in [2.24, 2.45) is 0 Å². The Morgan fingerprint density at radius 1 is 1.37 bits per heavy atom. The SMILES string of the molecule is C[C@H](CO)NC(=O)C1(c2ccc(Cl)cc2)CCCC1. The number of hydrogen-bond donors (Lipinski definition) is 2. The minimum Gasteiger partial charge on any atom is -0.394 e. The predicted octanol–water partition coefficient (Wildman–Crippen LogP) is 2.65. The van der Waals surface area contributed by atoms with Crippen LogP contribution in [-0.4, -0.2) is 23.7 Å². The summed E-state index contributed by atoms with van der Waals surface area (Å²) in [6.07, 6.45) is 3.84. The molecule has 0 aromatic heterocycles. The Balaban J connectivity index is 2.27. The molecule has 1 aliphatic carbocycles. The van der Waals surface area contributed by atoms with Gasteiger partial charge in [0.15, 0.2) is 0 Å². The topological polar surface area (TPSA) is 49.3 Å². The Hall–Kier alpha value is -1.06. The molecule has 2 N–H and O–H groups in total. The fraction of sp³-hybridized carbons (Fsp3) is 0.533. The lowest BCUT2D eigenvalue weighted by Gasteiger charge is -2.29.